The highest BCUT2D eigenvalue weighted by Crippen LogP contribution is 2.47. The minimum Gasteiger partial charge on any atom is -0.363 e. The van der Waals surface area contributed by atoms with E-state index in [4.69, 9.17) is 0 Å². The molecule has 0 unspecified atom stereocenters. The third-order valence-electron chi connectivity index (χ3n) is 7.12. The maximum Gasteiger partial charge on any atom is 0.273 e. The summed E-state index contributed by atoms with van der Waals surface area (Å²) in [5.41, 5.74) is 0.381. The number of anilines is 1. The Labute approximate surface area is 213 Å². The first-order chi connectivity index (χ1) is 17.5. The molecule has 1 aromatic carbocycles. The van der Waals surface area contributed by atoms with Gasteiger partial charge in [-0.2, -0.15) is 0 Å². The van der Waals surface area contributed by atoms with E-state index >= 15 is 0 Å². The quantitative estimate of drug-likeness (QED) is 0.451. The standard InChI is InChI=1S/C26H29F3N5O2P/c1-15(18-5-4-6-20(23(18)27)26(3,28)29)31-24-19-13-22(30-14-21(19)32-16(2)33-24)37(36)11-9-34(10-12-37)25(35)17-7-8-17/h4-6,13-15,17H,7-12H2,1-3H3,(H,31,32,33)/t15-/m1/s1. The van der Waals surface area contributed by atoms with Crippen molar-refractivity contribution < 1.29 is 22.5 Å². The van der Waals surface area contributed by atoms with Gasteiger partial charge in [0.05, 0.1) is 23.3 Å². The van der Waals surface area contributed by atoms with E-state index in [1.807, 2.05) is 0 Å². The molecule has 1 aliphatic heterocycles. The van der Waals surface area contributed by atoms with Gasteiger partial charge in [0.1, 0.15) is 30.0 Å². The predicted octanol–water partition coefficient (Wildman–Crippen LogP) is 5.00. The molecule has 2 aromatic heterocycles. The number of halogens is 3. The van der Waals surface area contributed by atoms with E-state index in [0.29, 0.717) is 60.3 Å². The highest BCUT2D eigenvalue weighted by Gasteiger charge is 2.39. The molecular weight excluding hydrogens is 502 g/mol. The molecule has 3 heterocycles. The van der Waals surface area contributed by atoms with Crippen molar-refractivity contribution in [3.63, 3.8) is 0 Å². The van der Waals surface area contributed by atoms with Crippen molar-refractivity contribution in [2.24, 2.45) is 5.92 Å². The van der Waals surface area contributed by atoms with E-state index in [-0.39, 0.29) is 17.4 Å². The zero-order valence-electron chi connectivity index (χ0n) is 21.0. The van der Waals surface area contributed by atoms with E-state index < -0.39 is 30.5 Å². The van der Waals surface area contributed by atoms with Crippen LogP contribution in [0.4, 0.5) is 19.0 Å². The lowest BCUT2D eigenvalue weighted by atomic mass is 10.0. The number of benzene rings is 1. The lowest BCUT2D eigenvalue weighted by Gasteiger charge is -2.32. The molecule has 5 rings (SSSR count). The monoisotopic (exact) mass is 531 g/mol. The SMILES string of the molecule is Cc1nc(N[C@H](C)c2cccc(C(C)(F)F)c2F)c2cc(P3(=O)CCN(C(=O)C4CC4)CC3)ncc2n1. The molecular formula is C26H29F3N5O2P. The van der Waals surface area contributed by atoms with Gasteiger partial charge in [-0.1, -0.05) is 18.2 Å². The molecule has 1 atom stereocenters. The Morgan fingerprint density at radius 1 is 1.22 bits per heavy atom. The molecule has 2 fully saturated rings. The van der Waals surface area contributed by atoms with Crippen molar-refractivity contribution in [1.29, 1.82) is 0 Å². The van der Waals surface area contributed by atoms with Gasteiger partial charge in [0.15, 0.2) is 0 Å². The summed E-state index contributed by atoms with van der Waals surface area (Å²) in [7, 11) is -2.85. The summed E-state index contributed by atoms with van der Waals surface area (Å²) in [4.78, 5) is 27.6. The number of nitrogens with one attached hydrogen (secondary N) is 1. The molecule has 1 N–H and O–H groups in total. The fourth-order valence-electron chi connectivity index (χ4n) is 4.80. The van der Waals surface area contributed by atoms with E-state index in [1.54, 1.807) is 31.0 Å². The number of nitrogens with zero attached hydrogens (tertiary/aromatic N) is 4. The minimum atomic E-state index is -3.32. The molecule has 2 aliphatic rings. The third kappa shape index (κ3) is 5.08. The molecule has 1 amide bonds. The van der Waals surface area contributed by atoms with Crippen molar-refractivity contribution in [1.82, 2.24) is 19.9 Å². The van der Waals surface area contributed by atoms with Gasteiger partial charge in [-0.25, -0.2) is 23.1 Å². The molecule has 3 aromatic rings. The molecule has 11 heteroatoms. The number of pyridine rings is 1. The highest BCUT2D eigenvalue weighted by molar-refractivity contribution is 7.71. The number of rotatable bonds is 6. The van der Waals surface area contributed by atoms with Gasteiger partial charge in [-0.05, 0) is 32.8 Å². The van der Waals surface area contributed by atoms with Crippen LogP contribution in [-0.2, 0) is 15.3 Å². The molecule has 1 saturated heterocycles. The van der Waals surface area contributed by atoms with Crippen LogP contribution in [0.1, 0.15) is 49.7 Å². The smallest absolute Gasteiger partial charge is 0.273 e. The van der Waals surface area contributed by atoms with Crippen molar-refractivity contribution in [3.05, 3.63) is 53.2 Å². The molecule has 196 valence electrons. The first-order valence-corrected chi connectivity index (χ1v) is 14.5. The molecule has 0 spiro atoms. The Morgan fingerprint density at radius 3 is 2.57 bits per heavy atom. The van der Waals surface area contributed by atoms with Crippen LogP contribution in [-0.4, -0.2) is 51.2 Å². The van der Waals surface area contributed by atoms with Gasteiger partial charge in [0.2, 0.25) is 5.91 Å². The van der Waals surface area contributed by atoms with Crippen LogP contribution in [0, 0.1) is 18.7 Å². The lowest BCUT2D eigenvalue weighted by Crippen LogP contribution is -2.42. The van der Waals surface area contributed by atoms with E-state index in [0.717, 1.165) is 18.9 Å². The van der Waals surface area contributed by atoms with Crippen LogP contribution in [0.25, 0.3) is 10.9 Å². The average molecular weight is 532 g/mol. The number of amides is 1. The second kappa shape index (κ2) is 9.39. The van der Waals surface area contributed by atoms with Crippen LogP contribution in [0.3, 0.4) is 0 Å². The van der Waals surface area contributed by atoms with Crippen molar-refractivity contribution in [3.8, 4) is 0 Å². The van der Waals surface area contributed by atoms with Gasteiger partial charge < -0.3 is 14.8 Å². The zero-order chi connectivity index (χ0) is 26.5. The van der Waals surface area contributed by atoms with Gasteiger partial charge in [0.25, 0.3) is 5.92 Å². The third-order valence-corrected chi connectivity index (χ3v) is 10.0. The summed E-state index contributed by atoms with van der Waals surface area (Å²) >= 11 is 0. The molecule has 37 heavy (non-hydrogen) atoms. The maximum atomic E-state index is 15.0. The molecule has 0 radical (unpaired) electrons. The molecule has 0 bridgehead atoms. The Hall–Kier alpha value is -3.00. The fourth-order valence-corrected chi connectivity index (χ4v) is 7.25. The van der Waals surface area contributed by atoms with E-state index in [1.165, 1.54) is 12.1 Å². The number of carbonyl (C=O) groups is 1. The largest absolute Gasteiger partial charge is 0.363 e. The second-order valence-corrected chi connectivity index (χ2v) is 13.2. The predicted molar refractivity (Wildman–Crippen MR) is 136 cm³/mol. The summed E-state index contributed by atoms with van der Waals surface area (Å²) in [5.74, 6) is -3.18. The van der Waals surface area contributed by atoms with Gasteiger partial charge in [0, 0.05) is 49.2 Å². The van der Waals surface area contributed by atoms with E-state index in [2.05, 4.69) is 20.3 Å². The van der Waals surface area contributed by atoms with Crippen LogP contribution in [0.15, 0.2) is 30.5 Å². The molecule has 7 nitrogen and oxygen atoms in total. The molecule has 1 aliphatic carbocycles. The minimum absolute atomic E-state index is 0.0817. The summed E-state index contributed by atoms with van der Waals surface area (Å²) in [6, 6.07) is 4.95. The summed E-state index contributed by atoms with van der Waals surface area (Å²) < 4.78 is 56.6. The van der Waals surface area contributed by atoms with Crippen LogP contribution in [0.5, 0.6) is 0 Å². The van der Waals surface area contributed by atoms with Crippen molar-refractivity contribution in [2.45, 2.75) is 45.6 Å². The van der Waals surface area contributed by atoms with Crippen molar-refractivity contribution >= 4 is 35.2 Å². The first kappa shape index (κ1) is 25.6. The Kier molecular flexibility index (Phi) is 6.51. The number of alkyl halides is 2. The first-order valence-electron chi connectivity index (χ1n) is 12.4. The van der Waals surface area contributed by atoms with Crippen LogP contribution in [0.2, 0.25) is 0 Å². The summed E-state index contributed by atoms with van der Waals surface area (Å²) in [5, 5.41) is 3.70. The second-order valence-electron chi connectivity index (χ2n) is 10.1. The fraction of sp³-hybridized carbons (Fsp3) is 0.462. The van der Waals surface area contributed by atoms with Crippen LogP contribution >= 0.6 is 7.14 Å². The summed E-state index contributed by atoms with van der Waals surface area (Å²) in [6.45, 7) is 4.91. The normalized spacial score (nSPS) is 18.6. The topological polar surface area (TPSA) is 88.1 Å². The number of aromatic nitrogens is 3. The maximum absolute atomic E-state index is 15.0. The Bertz CT molecular complexity index is 1410. The Balaban J connectivity index is 1.44. The number of carbonyl (C=O) groups excluding carboxylic acids is 1. The summed E-state index contributed by atoms with van der Waals surface area (Å²) in [6.07, 6.45) is 4.14. The van der Waals surface area contributed by atoms with Gasteiger partial charge >= 0.3 is 0 Å². The van der Waals surface area contributed by atoms with Gasteiger partial charge in [-0.3, -0.25) is 9.78 Å². The number of aryl methyl sites for hydroxylation is 1. The lowest BCUT2D eigenvalue weighted by molar-refractivity contribution is -0.132. The highest BCUT2D eigenvalue weighted by atomic mass is 31.2. The van der Waals surface area contributed by atoms with Crippen molar-refractivity contribution in [2.75, 3.05) is 30.7 Å². The van der Waals surface area contributed by atoms with Gasteiger partial charge in [-0.15, -0.1) is 0 Å². The number of hydrogen-bond acceptors (Lipinski definition) is 6. The number of hydrogen-bond donors (Lipinski definition) is 1. The van der Waals surface area contributed by atoms with E-state index in [9.17, 15) is 22.5 Å². The zero-order valence-corrected chi connectivity index (χ0v) is 21.9. The number of fused-ring (bicyclic) bond motifs is 1. The molecule has 1 saturated carbocycles. The van der Waals surface area contributed by atoms with Crippen LogP contribution < -0.4 is 10.8 Å². The Morgan fingerprint density at radius 2 is 1.92 bits per heavy atom. The average Bonchev–Trinajstić information content (AvgIpc) is 3.69.